The van der Waals surface area contributed by atoms with E-state index in [1.165, 1.54) is 0 Å². The van der Waals surface area contributed by atoms with Gasteiger partial charge in [0.2, 0.25) is 5.88 Å². The van der Waals surface area contributed by atoms with Crippen LogP contribution < -0.4 is 15.8 Å². The first-order valence-electron chi connectivity index (χ1n) is 5.99. The van der Waals surface area contributed by atoms with E-state index in [1.54, 1.807) is 13.2 Å². The normalized spacial score (nSPS) is 12.2. The molecular weight excluding hydrogens is 216 g/mol. The molecule has 1 aromatic rings. The lowest BCUT2D eigenvalue weighted by Gasteiger charge is -2.10. The average Bonchev–Trinajstić information content (AvgIpc) is 2.33. The minimum Gasteiger partial charge on any atom is -0.481 e. The SMILES string of the molecule is COc1cc(NCCCC(C)CN)nc(C)n1. The Morgan fingerprint density at radius 2 is 2.24 bits per heavy atom. The summed E-state index contributed by atoms with van der Waals surface area (Å²) in [6, 6.07) is 1.80. The molecule has 96 valence electrons. The minimum absolute atomic E-state index is 0.582. The standard InChI is InChI=1S/C12H22N4O/c1-9(8-13)5-4-6-14-11-7-12(17-3)16-10(2)15-11/h7,9H,4-6,8,13H2,1-3H3,(H,14,15,16). The molecule has 5 heteroatoms. The topological polar surface area (TPSA) is 73.1 Å². The van der Waals surface area contributed by atoms with E-state index in [4.69, 9.17) is 10.5 Å². The molecule has 0 spiro atoms. The number of nitrogens with two attached hydrogens (primary N) is 1. The molecule has 1 heterocycles. The Hall–Kier alpha value is -1.36. The molecule has 17 heavy (non-hydrogen) atoms. The zero-order valence-electron chi connectivity index (χ0n) is 10.9. The van der Waals surface area contributed by atoms with Crippen LogP contribution in [0.3, 0.4) is 0 Å². The average molecular weight is 238 g/mol. The summed E-state index contributed by atoms with van der Waals surface area (Å²) in [6.45, 7) is 5.66. The molecule has 0 aliphatic heterocycles. The van der Waals surface area contributed by atoms with Crippen LogP contribution in [0, 0.1) is 12.8 Å². The Bertz CT molecular complexity index is 343. The van der Waals surface area contributed by atoms with Crippen molar-refractivity contribution < 1.29 is 4.74 Å². The van der Waals surface area contributed by atoms with E-state index in [1.807, 2.05) is 6.92 Å². The number of nitrogens with one attached hydrogen (secondary N) is 1. The molecule has 0 saturated heterocycles. The van der Waals surface area contributed by atoms with E-state index >= 15 is 0 Å². The maximum Gasteiger partial charge on any atom is 0.218 e. The molecule has 0 fully saturated rings. The lowest BCUT2D eigenvalue weighted by molar-refractivity contribution is 0.396. The molecule has 1 atom stereocenters. The van der Waals surface area contributed by atoms with Crippen molar-refractivity contribution in [1.82, 2.24) is 9.97 Å². The van der Waals surface area contributed by atoms with Crippen LogP contribution >= 0.6 is 0 Å². The van der Waals surface area contributed by atoms with E-state index in [0.29, 0.717) is 17.6 Å². The Morgan fingerprint density at radius 3 is 2.88 bits per heavy atom. The highest BCUT2D eigenvalue weighted by Crippen LogP contribution is 2.13. The third-order valence-electron chi connectivity index (χ3n) is 2.61. The van der Waals surface area contributed by atoms with E-state index in [-0.39, 0.29) is 0 Å². The van der Waals surface area contributed by atoms with Crippen molar-refractivity contribution in [2.75, 3.05) is 25.5 Å². The number of ether oxygens (including phenoxy) is 1. The van der Waals surface area contributed by atoms with Gasteiger partial charge in [0.25, 0.3) is 0 Å². The fraction of sp³-hybridized carbons (Fsp3) is 0.667. The van der Waals surface area contributed by atoms with Crippen molar-refractivity contribution >= 4 is 5.82 Å². The summed E-state index contributed by atoms with van der Waals surface area (Å²) < 4.78 is 5.09. The fourth-order valence-electron chi connectivity index (χ4n) is 1.52. The Kier molecular flexibility index (Phi) is 5.69. The molecule has 1 aromatic heterocycles. The molecule has 1 rings (SSSR count). The lowest BCUT2D eigenvalue weighted by Crippen LogP contribution is -2.12. The smallest absolute Gasteiger partial charge is 0.218 e. The summed E-state index contributed by atoms with van der Waals surface area (Å²) in [7, 11) is 1.61. The highest BCUT2D eigenvalue weighted by atomic mass is 16.5. The van der Waals surface area contributed by atoms with Gasteiger partial charge >= 0.3 is 0 Å². The number of anilines is 1. The largest absolute Gasteiger partial charge is 0.481 e. The molecule has 3 N–H and O–H groups in total. The van der Waals surface area contributed by atoms with Crippen LogP contribution in [0.4, 0.5) is 5.82 Å². The molecule has 1 unspecified atom stereocenters. The van der Waals surface area contributed by atoms with Crippen molar-refractivity contribution in [2.45, 2.75) is 26.7 Å². The van der Waals surface area contributed by atoms with Crippen LogP contribution in [0.15, 0.2) is 6.07 Å². The number of aryl methyl sites for hydroxylation is 1. The first-order valence-corrected chi connectivity index (χ1v) is 5.99. The molecule has 5 nitrogen and oxygen atoms in total. The first-order chi connectivity index (χ1) is 8.15. The molecule has 0 amide bonds. The molecule has 0 aliphatic rings. The third-order valence-corrected chi connectivity index (χ3v) is 2.61. The summed E-state index contributed by atoms with van der Waals surface area (Å²) in [5.74, 6) is 2.70. The highest BCUT2D eigenvalue weighted by Gasteiger charge is 2.02. The number of nitrogens with zero attached hydrogens (tertiary/aromatic N) is 2. The lowest BCUT2D eigenvalue weighted by atomic mass is 10.1. The zero-order chi connectivity index (χ0) is 12.7. The van der Waals surface area contributed by atoms with Crippen molar-refractivity contribution in [3.63, 3.8) is 0 Å². The van der Waals surface area contributed by atoms with Crippen molar-refractivity contribution in [2.24, 2.45) is 11.7 Å². The second-order valence-corrected chi connectivity index (χ2v) is 4.25. The van der Waals surface area contributed by atoms with Crippen LogP contribution in [0.25, 0.3) is 0 Å². The van der Waals surface area contributed by atoms with Gasteiger partial charge in [-0.05, 0) is 32.2 Å². The van der Waals surface area contributed by atoms with Crippen molar-refractivity contribution in [3.05, 3.63) is 11.9 Å². The van der Waals surface area contributed by atoms with Gasteiger partial charge in [-0.1, -0.05) is 6.92 Å². The minimum atomic E-state index is 0.582. The first kappa shape index (κ1) is 13.7. The van der Waals surface area contributed by atoms with Gasteiger partial charge in [-0.2, -0.15) is 4.98 Å². The Labute approximate surface area is 103 Å². The summed E-state index contributed by atoms with van der Waals surface area (Å²) >= 11 is 0. The quantitative estimate of drug-likeness (QED) is 0.706. The summed E-state index contributed by atoms with van der Waals surface area (Å²) in [5.41, 5.74) is 5.57. The molecule has 0 saturated carbocycles. The maximum absolute atomic E-state index is 5.57. The second-order valence-electron chi connectivity index (χ2n) is 4.25. The number of methoxy groups -OCH3 is 1. The van der Waals surface area contributed by atoms with Gasteiger partial charge in [-0.15, -0.1) is 0 Å². The van der Waals surface area contributed by atoms with E-state index in [0.717, 1.165) is 31.7 Å². The van der Waals surface area contributed by atoms with Crippen LogP contribution in [-0.4, -0.2) is 30.2 Å². The van der Waals surface area contributed by atoms with Crippen LogP contribution in [0.5, 0.6) is 5.88 Å². The maximum atomic E-state index is 5.57. The second kappa shape index (κ2) is 7.06. The Morgan fingerprint density at radius 1 is 1.47 bits per heavy atom. The zero-order valence-corrected chi connectivity index (χ0v) is 10.9. The van der Waals surface area contributed by atoms with Gasteiger partial charge in [0.1, 0.15) is 11.6 Å². The van der Waals surface area contributed by atoms with E-state index in [2.05, 4.69) is 22.2 Å². The van der Waals surface area contributed by atoms with E-state index in [9.17, 15) is 0 Å². The molecule has 0 aliphatic carbocycles. The number of rotatable bonds is 7. The van der Waals surface area contributed by atoms with Crippen LogP contribution in [0.1, 0.15) is 25.6 Å². The molecule has 0 aromatic carbocycles. The van der Waals surface area contributed by atoms with Gasteiger partial charge in [0.05, 0.1) is 7.11 Å². The Balaban J connectivity index is 2.38. The number of aromatic nitrogens is 2. The number of hydrogen-bond acceptors (Lipinski definition) is 5. The van der Waals surface area contributed by atoms with E-state index < -0.39 is 0 Å². The van der Waals surface area contributed by atoms with Crippen molar-refractivity contribution in [3.8, 4) is 5.88 Å². The van der Waals surface area contributed by atoms with Gasteiger partial charge in [-0.25, -0.2) is 4.98 Å². The fourth-order valence-corrected chi connectivity index (χ4v) is 1.52. The predicted molar refractivity (Wildman–Crippen MR) is 69.3 cm³/mol. The molecular formula is C12H22N4O. The van der Waals surface area contributed by atoms with Gasteiger partial charge in [0.15, 0.2) is 0 Å². The van der Waals surface area contributed by atoms with Crippen molar-refractivity contribution in [1.29, 1.82) is 0 Å². The summed E-state index contributed by atoms with van der Waals surface area (Å²) in [5, 5.41) is 3.27. The highest BCUT2D eigenvalue weighted by molar-refractivity contribution is 5.38. The van der Waals surface area contributed by atoms with Gasteiger partial charge < -0.3 is 15.8 Å². The third kappa shape index (κ3) is 4.99. The predicted octanol–water partition coefficient (Wildman–Crippen LogP) is 1.58. The number of hydrogen-bond donors (Lipinski definition) is 2. The summed E-state index contributed by atoms with van der Waals surface area (Å²) in [4.78, 5) is 8.42. The van der Waals surface area contributed by atoms with Crippen LogP contribution in [0.2, 0.25) is 0 Å². The van der Waals surface area contributed by atoms with Gasteiger partial charge in [0, 0.05) is 12.6 Å². The molecule has 0 radical (unpaired) electrons. The molecule has 0 bridgehead atoms. The monoisotopic (exact) mass is 238 g/mol. The summed E-state index contributed by atoms with van der Waals surface area (Å²) in [6.07, 6.45) is 2.22. The van der Waals surface area contributed by atoms with Crippen LogP contribution in [-0.2, 0) is 0 Å². The van der Waals surface area contributed by atoms with Gasteiger partial charge in [-0.3, -0.25) is 0 Å².